The maximum atomic E-state index is 13.0. The van der Waals surface area contributed by atoms with Gasteiger partial charge in [0.1, 0.15) is 0 Å². The van der Waals surface area contributed by atoms with Crippen LogP contribution < -0.4 is 19.7 Å². The first-order valence-corrected chi connectivity index (χ1v) is 9.42. The smallest absolute Gasteiger partial charge is 0.337 e. The third-order valence-electron chi connectivity index (χ3n) is 5.17. The highest BCUT2D eigenvalue weighted by Crippen LogP contribution is 2.39. The molecule has 2 aliphatic heterocycles. The number of amides is 2. The van der Waals surface area contributed by atoms with Crippen LogP contribution in [0.4, 0.5) is 10.5 Å². The van der Waals surface area contributed by atoms with Crippen molar-refractivity contribution in [1.82, 2.24) is 5.32 Å². The van der Waals surface area contributed by atoms with Crippen molar-refractivity contribution in [2.45, 2.75) is 13.0 Å². The van der Waals surface area contributed by atoms with Crippen molar-refractivity contribution in [3.05, 3.63) is 64.9 Å². The average molecular weight is 424 g/mol. The molecule has 2 amide bonds. The zero-order valence-electron chi connectivity index (χ0n) is 17.1. The van der Waals surface area contributed by atoms with Gasteiger partial charge in [-0.1, -0.05) is 12.1 Å². The monoisotopic (exact) mass is 424 g/mol. The molecule has 9 nitrogen and oxygen atoms in total. The fourth-order valence-corrected chi connectivity index (χ4v) is 3.63. The summed E-state index contributed by atoms with van der Waals surface area (Å²) in [5, 5.41) is 2.85. The Morgan fingerprint density at radius 1 is 1.00 bits per heavy atom. The Balaban J connectivity index is 1.76. The molecule has 0 saturated heterocycles. The summed E-state index contributed by atoms with van der Waals surface area (Å²) in [6.45, 7) is 1.78. The molecule has 2 aromatic carbocycles. The van der Waals surface area contributed by atoms with Crippen LogP contribution in [-0.4, -0.2) is 39.0 Å². The first kappa shape index (κ1) is 20.3. The second kappa shape index (κ2) is 8.02. The van der Waals surface area contributed by atoms with Gasteiger partial charge in [-0.3, -0.25) is 4.90 Å². The second-order valence-corrected chi connectivity index (χ2v) is 6.86. The molecule has 1 atom stereocenters. The van der Waals surface area contributed by atoms with Gasteiger partial charge < -0.3 is 24.3 Å². The molecule has 0 aliphatic carbocycles. The van der Waals surface area contributed by atoms with E-state index in [2.05, 4.69) is 5.32 Å². The van der Waals surface area contributed by atoms with Gasteiger partial charge in [0.25, 0.3) is 0 Å². The zero-order valence-corrected chi connectivity index (χ0v) is 17.1. The van der Waals surface area contributed by atoms with Crippen LogP contribution >= 0.6 is 0 Å². The van der Waals surface area contributed by atoms with Gasteiger partial charge in [-0.15, -0.1) is 0 Å². The lowest BCUT2D eigenvalue weighted by Crippen LogP contribution is -2.48. The molecule has 1 N–H and O–H groups in total. The second-order valence-electron chi connectivity index (χ2n) is 6.86. The van der Waals surface area contributed by atoms with E-state index in [1.165, 1.54) is 19.1 Å². The first-order valence-electron chi connectivity index (χ1n) is 9.42. The van der Waals surface area contributed by atoms with Gasteiger partial charge in [-0.25, -0.2) is 14.4 Å². The molecule has 31 heavy (non-hydrogen) atoms. The Morgan fingerprint density at radius 3 is 2.35 bits per heavy atom. The minimum Gasteiger partial charge on any atom is -0.466 e. The third kappa shape index (κ3) is 3.54. The molecule has 2 aliphatic rings. The highest BCUT2D eigenvalue weighted by Gasteiger charge is 2.37. The summed E-state index contributed by atoms with van der Waals surface area (Å²) in [6, 6.07) is 10.4. The Hall–Kier alpha value is -4.01. The van der Waals surface area contributed by atoms with Crippen molar-refractivity contribution in [3.63, 3.8) is 0 Å². The molecule has 4 rings (SSSR count). The number of ether oxygens (including phenoxy) is 4. The van der Waals surface area contributed by atoms with Crippen molar-refractivity contribution in [2.24, 2.45) is 0 Å². The van der Waals surface area contributed by atoms with Crippen molar-refractivity contribution in [2.75, 3.05) is 25.9 Å². The SMILES string of the molecule is COC(=O)C1=C(C)N(c2ccc3c(c2)OCO3)C(=O)NC1c1ccc(C(=O)OC)cc1. The summed E-state index contributed by atoms with van der Waals surface area (Å²) < 4.78 is 20.4. The number of rotatable bonds is 4. The number of nitrogens with zero attached hydrogens (tertiary/aromatic N) is 1. The number of urea groups is 1. The molecule has 160 valence electrons. The number of methoxy groups -OCH3 is 2. The number of fused-ring (bicyclic) bond motifs is 1. The number of carbonyl (C=O) groups excluding carboxylic acids is 3. The fraction of sp³-hybridized carbons (Fsp3) is 0.227. The molecular formula is C22H20N2O7. The van der Waals surface area contributed by atoms with E-state index in [0.717, 1.165) is 0 Å². The van der Waals surface area contributed by atoms with E-state index < -0.39 is 24.0 Å². The lowest BCUT2D eigenvalue weighted by molar-refractivity contribution is -0.136. The van der Waals surface area contributed by atoms with Crippen molar-refractivity contribution >= 4 is 23.7 Å². The van der Waals surface area contributed by atoms with Gasteiger partial charge in [0, 0.05) is 11.8 Å². The van der Waals surface area contributed by atoms with Gasteiger partial charge in [0.2, 0.25) is 6.79 Å². The number of hydrogen-bond acceptors (Lipinski definition) is 7. The van der Waals surface area contributed by atoms with Gasteiger partial charge in [-0.2, -0.15) is 0 Å². The minimum absolute atomic E-state index is 0.108. The molecule has 0 saturated carbocycles. The molecule has 1 unspecified atom stereocenters. The highest BCUT2D eigenvalue weighted by molar-refractivity contribution is 6.03. The third-order valence-corrected chi connectivity index (χ3v) is 5.17. The van der Waals surface area contributed by atoms with Crippen LogP contribution in [0.5, 0.6) is 11.5 Å². The summed E-state index contributed by atoms with van der Waals surface area (Å²) in [5.41, 5.74) is 2.17. The lowest BCUT2D eigenvalue weighted by atomic mass is 9.94. The maximum Gasteiger partial charge on any atom is 0.337 e. The van der Waals surface area contributed by atoms with Crippen LogP contribution in [0.1, 0.15) is 28.9 Å². The molecule has 0 fully saturated rings. The summed E-state index contributed by atoms with van der Waals surface area (Å²) >= 11 is 0. The van der Waals surface area contributed by atoms with Crippen LogP contribution in [0.15, 0.2) is 53.7 Å². The predicted octanol–water partition coefficient (Wildman–Crippen LogP) is 2.92. The fourth-order valence-electron chi connectivity index (χ4n) is 3.63. The summed E-state index contributed by atoms with van der Waals surface area (Å²) in [4.78, 5) is 38.8. The molecular weight excluding hydrogens is 404 g/mol. The van der Waals surface area contributed by atoms with E-state index >= 15 is 0 Å². The molecule has 0 bridgehead atoms. The zero-order chi connectivity index (χ0) is 22.1. The van der Waals surface area contributed by atoms with E-state index in [-0.39, 0.29) is 12.4 Å². The summed E-state index contributed by atoms with van der Waals surface area (Å²) in [5.74, 6) is 0.0382. The van der Waals surface area contributed by atoms with Gasteiger partial charge in [-0.05, 0) is 36.8 Å². The number of hydrogen-bond donors (Lipinski definition) is 1. The Bertz CT molecular complexity index is 1090. The predicted molar refractivity (Wildman–Crippen MR) is 109 cm³/mol. The number of carbonyl (C=O) groups is 3. The van der Waals surface area contributed by atoms with Crippen molar-refractivity contribution < 1.29 is 33.3 Å². The Labute approximate surface area is 178 Å². The van der Waals surface area contributed by atoms with Gasteiger partial charge in [0.05, 0.1) is 37.1 Å². The summed E-state index contributed by atoms with van der Waals surface area (Å²) in [6.07, 6.45) is 0. The normalized spacial score (nSPS) is 17.3. The minimum atomic E-state index is -0.753. The van der Waals surface area contributed by atoms with Crippen LogP contribution in [0.2, 0.25) is 0 Å². The van der Waals surface area contributed by atoms with Crippen LogP contribution in [0, 0.1) is 0 Å². The van der Waals surface area contributed by atoms with E-state index in [0.29, 0.717) is 34.0 Å². The first-order chi connectivity index (χ1) is 14.9. The molecule has 0 spiro atoms. The molecule has 9 heteroatoms. The number of esters is 2. The van der Waals surface area contributed by atoms with E-state index in [1.54, 1.807) is 49.4 Å². The van der Waals surface area contributed by atoms with E-state index in [9.17, 15) is 14.4 Å². The van der Waals surface area contributed by atoms with Crippen molar-refractivity contribution in [1.29, 1.82) is 0 Å². The average Bonchev–Trinajstić information content (AvgIpc) is 3.26. The number of nitrogens with one attached hydrogen (secondary N) is 1. The maximum absolute atomic E-state index is 13.0. The van der Waals surface area contributed by atoms with E-state index in [4.69, 9.17) is 18.9 Å². The largest absolute Gasteiger partial charge is 0.466 e. The standard InChI is InChI=1S/C22H20N2O7/c1-12-18(21(26)29-3)19(13-4-6-14(7-5-13)20(25)28-2)23-22(27)24(12)15-8-9-16-17(10-15)31-11-30-16/h4-10,19H,11H2,1-3H3,(H,23,27). The van der Waals surface area contributed by atoms with E-state index in [1.807, 2.05) is 0 Å². The Kier molecular flexibility index (Phi) is 5.24. The van der Waals surface area contributed by atoms with Gasteiger partial charge in [0.15, 0.2) is 11.5 Å². The molecule has 2 heterocycles. The van der Waals surface area contributed by atoms with Crippen LogP contribution in [0.25, 0.3) is 0 Å². The molecule has 0 aromatic heterocycles. The number of allylic oxidation sites excluding steroid dienone is 1. The van der Waals surface area contributed by atoms with Crippen LogP contribution in [0.3, 0.4) is 0 Å². The topological polar surface area (TPSA) is 103 Å². The number of benzene rings is 2. The molecule has 0 radical (unpaired) electrons. The summed E-state index contributed by atoms with van der Waals surface area (Å²) in [7, 11) is 2.57. The highest BCUT2D eigenvalue weighted by atomic mass is 16.7. The quantitative estimate of drug-likeness (QED) is 0.753. The Morgan fingerprint density at radius 2 is 1.68 bits per heavy atom. The van der Waals surface area contributed by atoms with Crippen LogP contribution in [-0.2, 0) is 14.3 Å². The molecule has 2 aromatic rings. The van der Waals surface area contributed by atoms with Crippen molar-refractivity contribution in [3.8, 4) is 11.5 Å². The number of anilines is 1. The lowest BCUT2D eigenvalue weighted by Gasteiger charge is -2.35. The van der Waals surface area contributed by atoms with Gasteiger partial charge >= 0.3 is 18.0 Å².